The Morgan fingerprint density at radius 3 is 2.00 bits per heavy atom. The maximum Gasteiger partial charge on any atom is 0.323 e. The Labute approximate surface area is 143 Å². The van der Waals surface area contributed by atoms with Crippen molar-refractivity contribution in [3.63, 3.8) is 0 Å². The fraction of sp³-hybridized carbons (Fsp3) is 0.684. The minimum absolute atomic E-state index is 0.260. The Bertz CT molecular complexity index is 618. The maximum atomic E-state index is 12.5. The molecule has 0 N–H and O–H groups in total. The van der Waals surface area contributed by atoms with Gasteiger partial charge in [0.25, 0.3) is 0 Å². The van der Waals surface area contributed by atoms with E-state index in [1.165, 1.54) is 26.2 Å². The van der Waals surface area contributed by atoms with Gasteiger partial charge >= 0.3 is 11.9 Å². The van der Waals surface area contributed by atoms with Gasteiger partial charge < -0.3 is 14.2 Å². The summed E-state index contributed by atoms with van der Waals surface area (Å²) in [6.07, 6.45) is 6.15. The van der Waals surface area contributed by atoms with Gasteiger partial charge in [0.2, 0.25) is 0 Å². The summed E-state index contributed by atoms with van der Waals surface area (Å²) in [5.74, 6) is -0.212. The third kappa shape index (κ3) is 2.28. The average Bonchev–Trinajstić information content (AvgIpc) is 3.02. The van der Waals surface area contributed by atoms with E-state index < -0.39 is 17.4 Å². The van der Waals surface area contributed by atoms with Crippen LogP contribution < -0.4 is 0 Å². The summed E-state index contributed by atoms with van der Waals surface area (Å²) >= 11 is 0. The number of allylic oxidation sites excluding steroid dienone is 3. The van der Waals surface area contributed by atoms with E-state index in [1.54, 1.807) is 0 Å². The Hall–Kier alpha value is -1.78. The molecule has 0 aromatic heterocycles. The van der Waals surface area contributed by atoms with E-state index >= 15 is 0 Å². The van der Waals surface area contributed by atoms with Gasteiger partial charge in [0.05, 0.1) is 20.0 Å². The molecule has 0 saturated heterocycles. The lowest BCUT2D eigenvalue weighted by Gasteiger charge is -2.43. The van der Waals surface area contributed by atoms with Crippen LogP contribution in [-0.2, 0) is 23.8 Å². The van der Waals surface area contributed by atoms with Gasteiger partial charge in [-0.15, -0.1) is 0 Å². The Morgan fingerprint density at radius 2 is 1.46 bits per heavy atom. The SMILES string of the molecule is COC(=O)C1(C(=O)OC)CC2=C(C)OC3(CCCCC3)C(C)=C2C1. The molecule has 2 saturated carbocycles. The summed E-state index contributed by atoms with van der Waals surface area (Å²) < 4.78 is 16.3. The summed E-state index contributed by atoms with van der Waals surface area (Å²) in [5, 5.41) is 0. The van der Waals surface area contributed by atoms with Crippen LogP contribution in [0.3, 0.4) is 0 Å². The quantitative estimate of drug-likeness (QED) is 0.572. The molecule has 24 heavy (non-hydrogen) atoms. The van der Waals surface area contributed by atoms with Gasteiger partial charge in [0, 0.05) is 12.8 Å². The normalized spacial score (nSPS) is 24.5. The lowest BCUT2D eigenvalue weighted by molar-refractivity contribution is -0.168. The van der Waals surface area contributed by atoms with Crippen LogP contribution in [0.4, 0.5) is 0 Å². The number of fused-ring (bicyclic) bond motifs is 1. The fourth-order valence-electron chi connectivity index (χ4n) is 4.64. The molecular weight excluding hydrogens is 308 g/mol. The smallest absolute Gasteiger partial charge is 0.323 e. The Kier molecular flexibility index (Phi) is 4.22. The fourth-order valence-corrected chi connectivity index (χ4v) is 4.64. The summed E-state index contributed by atoms with van der Waals surface area (Å²) in [6, 6.07) is 0. The van der Waals surface area contributed by atoms with Crippen molar-refractivity contribution >= 4 is 11.9 Å². The zero-order valence-corrected chi connectivity index (χ0v) is 15.0. The monoisotopic (exact) mass is 334 g/mol. The van der Waals surface area contributed by atoms with E-state index in [0.717, 1.165) is 42.6 Å². The highest BCUT2D eigenvalue weighted by atomic mass is 16.5. The molecule has 3 rings (SSSR count). The highest BCUT2D eigenvalue weighted by molar-refractivity contribution is 6.02. The standard InChI is InChI=1S/C19H26O5/c1-12-14-10-18(16(20)22-3,17(21)23-4)11-15(14)13(2)24-19(12)8-6-5-7-9-19/h5-11H2,1-4H3. The molecule has 0 radical (unpaired) electrons. The predicted molar refractivity (Wildman–Crippen MR) is 88.0 cm³/mol. The van der Waals surface area contributed by atoms with E-state index in [9.17, 15) is 9.59 Å². The van der Waals surface area contributed by atoms with E-state index in [1.807, 2.05) is 6.92 Å². The number of hydrogen-bond acceptors (Lipinski definition) is 5. The maximum absolute atomic E-state index is 12.5. The summed E-state index contributed by atoms with van der Waals surface area (Å²) in [6.45, 7) is 4.04. The molecule has 3 aliphatic rings. The van der Waals surface area contributed by atoms with Gasteiger partial charge in [0.15, 0.2) is 5.41 Å². The van der Waals surface area contributed by atoms with Gasteiger partial charge in [-0.2, -0.15) is 0 Å². The van der Waals surface area contributed by atoms with Gasteiger partial charge in [-0.1, -0.05) is 6.42 Å². The van der Waals surface area contributed by atoms with E-state index in [4.69, 9.17) is 14.2 Å². The van der Waals surface area contributed by atoms with Crippen molar-refractivity contribution in [3.05, 3.63) is 22.5 Å². The molecule has 0 amide bonds. The lowest BCUT2D eigenvalue weighted by Crippen LogP contribution is -2.39. The molecule has 2 fully saturated rings. The van der Waals surface area contributed by atoms with Crippen LogP contribution in [0.25, 0.3) is 0 Å². The van der Waals surface area contributed by atoms with Crippen LogP contribution in [0.5, 0.6) is 0 Å². The highest BCUT2D eigenvalue weighted by Gasteiger charge is 2.57. The largest absolute Gasteiger partial charge is 0.487 e. The minimum Gasteiger partial charge on any atom is -0.487 e. The molecule has 5 heteroatoms. The molecule has 0 aromatic rings. The predicted octanol–water partition coefficient (Wildman–Crippen LogP) is 3.44. The van der Waals surface area contributed by atoms with Crippen LogP contribution in [0.2, 0.25) is 0 Å². The topological polar surface area (TPSA) is 61.8 Å². The second-order valence-corrected chi connectivity index (χ2v) is 7.21. The molecule has 5 nitrogen and oxygen atoms in total. The molecule has 1 heterocycles. The number of carbonyl (C=O) groups excluding carboxylic acids is 2. The molecule has 132 valence electrons. The number of carbonyl (C=O) groups is 2. The van der Waals surface area contributed by atoms with Crippen molar-refractivity contribution in [3.8, 4) is 0 Å². The van der Waals surface area contributed by atoms with E-state index in [0.29, 0.717) is 12.8 Å². The molecule has 2 aliphatic carbocycles. The first-order valence-corrected chi connectivity index (χ1v) is 8.66. The number of rotatable bonds is 2. The number of hydrogen-bond donors (Lipinski definition) is 0. The van der Waals surface area contributed by atoms with Crippen molar-refractivity contribution in [1.82, 2.24) is 0 Å². The van der Waals surface area contributed by atoms with Crippen molar-refractivity contribution in [2.24, 2.45) is 5.41 Å². The first-order chi connectivity index (χ1) is 11.4. The average molecular weight is 334 g/mol. The molecule has 1 spiro atoms. The molecular formula is C19H26O5. The second-order valence-electron chi connectivity index (χ2n) is 7.21. The highest BCUT2D eigenvalue weighted by Crippen LogP contribution is 2.55. The Balaban J connectivity index is 2.08. The summed E-state index contributed by atoms with van der Waals surface area (Å²) in [5.41, 5.74) is 1.71. The van der Waals surface area contributed by atoms with Crippen molar-refractivity contribution in [2.45, 2.75) is 64.4 Å². The number of methoxy groups -OCH3 is 2. The summed E-state index contributed by atoms with van der Waals surface area (Å²) in [7, 11) is 2.63. The van der Waals surface area contributed by atoms with Crippen molar-refractivity contribution in [1.29, 1.82) is 0 Å². The van der Waals surface area contributed by atoms with Gasteiger partial charge in [0.1, 0.15) is 5.60 Å². The molecule has 1 aliphatic heterocycles. The van der Waals surface area contributed by atoms with E-state index in [-0.39, 0.29) is 5.60 Å². The second kappa shape index (κ2) is 5.94. The van der Waals surface area contributed by atoms with Crippen molar-refractivity contribution in [2.75, 3.05) is 14.2 Å². The molecule has 0 atom stereocenters. The zero-order valence-electron chi connectivity index (χ0n) is 15.0. The first-order valence-electron chi connectivity index (χ1n) is 8.66. The van der Waals surface area contributed by atoms with Crippen LogP contribution >= 0.6 is 0 Å². The van der Waals surface area contributed by atoms with E-state index in [2.05, 4.69) is 6.92 Å². The third-order valence-corrected chi connectivity index (χ3v) is 6.04. The van der Waals surface area contributed by atoms with Crippen LogP contribution in [-0.4, -0.2) is 31.8 Å². The van der Waals surface area contributed by atoms with Crippen molar-refractivity contribution < 1.29 is 23.8 Å². The van der Waals surface area contributed by atoms with Gasteiger partial charge in [-0.3, -0.25) is 9.59 Å². The molecule has 0 aromatic carbocycles. The molecule has 0 unspecified atom stereocenters. The summed E-state index contributed by atoms with van der Waals surface area (Å²) in [4.78, 5) is 24.9. The van der Waals surface area contributed by atoms with Crippen LogP contribution in [0.15, 0.2) is 22.5 Å². The third-order valence-electron chi connectivity index (χ3n) is 6.04. The van der Waals surface area contributed by atoms with Crippen LogP contribution in [0, 0.1) is 5.41 Å². The first kappa shape index (κ1) is 17.1. The zero-order chi connectivity index (χ0) is 17.5. The van der Waals surface area contributed by atoms with Gasteiger partial charge in [-0.25, -0.2) is 0 Å². The minimum atomic E-state index is -1.28. The molecule has 0 bridgehead atoms. The lowest BCUT2D eigenvalue weighted by atomic mass is 9.75. The number of esters is 2. The van der Waals surface area contributed by atoms with Crippen LogP contribution in [0.1, 0.15) is 58.8 Å². The van der Waals surface area contributed by atoms with Gasteiger partial charge in [-0.05, 0) is 56.3 Å². The number of ether oxygens (including phenoxy) is 3. The Morgan fingerprint density at radius 1 is 0.917 bits per heavy atom.